The number of amides is 1. The van der Waals surface area contributed by atoms with Gasteiger partial charge in [0.05, 0.1) is 19.0 Å². The number of sulfonamides is 1. The molecule has 0 spiro atoms. The maximum absolute atomic E-state index is 12.1. The fourth-order valence-corrected chi connectivity index (χ4v) is 4.64. The van der Waals surface area contributed by atoms with Crippen LogP contribution in [-0.4, -0.2) is 58.5 Å². The minimum absolute atomic E-state index is 0.113. The van der Waals surface area contributed by atoms with Crippen molar-refractivity contribution in [1.29, 1.82) is 0 Å². The molecule has 2 fully saturated rings. The molecule has 1 amide bonds. The van der Waals surface area contributed by atoms with Gasteiger partial charge in [0.1, 0.15) is 0 Å². The average Bonchev–Trinajstić information content (AvgIpc) is 3.18. The summed E-state index contributed by atoms with van der Waals surface area (Å²) in [6, 6.07) is 0.126. The predicted molar refractivity (Wildman–Crippen MR) is 84.3 cm³/mol. The second-order valence-electron chi connectivity index (χ2n) is 6.45. The molecular formula is C14H23N5O3S. The molecule has 8 nitrogen and oxygen atoms in total. The van der Waals surface area contributed by atoms with Gasteiger partial charge in [-0.15, -0.1) is 5.10 Å². The zero-order chi connectivity index (χ0) is 16.4. The number of aromatic nitrogens is 3. The normalized spacial score (nSPS) is 23.4. The lowest BCUT2D eigenvalue weighted by atomic mass is 10.2. The van der Waals surface area contributed by atoms with E-state index in [0.29, 0.717) is 18.8 Å². The SMILES string of the molecule is CS(=O)(=O)N1CCC[C@H]1Cn1cc(C(=O)NC2CCCC2)nn1. The van der Waals surface area contributed by atoms with Gasteiger partial charge in [-0.25, -0.2) is 8.42 Å². The molecule has 1 aliphatic heterocycles. The number of nitrogens with zero attached hydrogens (tertiary/aromatic N) is 4. The number of nitrogens with one attached hydrogen (secondary N) is 1. The summed E-state index contributed by atoms with van der Waals surface area (Å²) in [5, 5.41) is 10.9. The smallest absolute Gasteiger partial charge is 0.273 e. The van der Waals surface area contributed by atoms with Gasteiger partial charge in [-0.3, -0.25) is 9.48 Å². The van der Waals surface area contributed by atoms with Crippen molar-refractivity contribution in [2.24, 2.45) is 0 Å². The molecule has 3 rings (SSSR count). The summed E-state index contributed by atoms with van der Waals surface area (Å²) < 4.78 is 26.6. The Labute approximate surface area is 136 Å². The van der Waals surface area contributed by atoms with Crippen LogP contribution in [0.1, 0.15) is 49.0 Å². The number of carbonyl (C=O) groups excluding carboxylic acids is 1. The number of carbonyl (C=O) groups is 1. The lowest BCUT2D eigenvalue weighted by molar-refractivity contribution is 0.0932. The second kappa shape index (κ2) is 6.56. The summed E-state index contributed by atoms with van der Waals surface area (Å²) in [5.41, 5.74) is 0.292. The number of rotatable bonds is 5. The van der Waals surface area contributed by atoms with Crippen molar-refractivity contribution in [2.75, 3.05) is 12.8 Å². The Hall–Kier alpha value is -1.48. The molecule has 0 aromatic carbocycles. The number of hydrogen-bond donors (Lipinski definition) is 1. The summed E-state index contributed by atoms with van der Waals surface area (Å²) in [4.78, 5) is 12.1. The van der Waals surface area contributed by atoms with Crippen molar-refractivity contribution >= 4 is 15.9 Å². The first-order chi connectivity index (χ1) is 10.9. The van der Waals surface area contributed by atoms with Crippen LogP contribution in [0.3, 0.4) is 0 Å². The molecule has 1 N–H and O–H groups in total. The third-order valence-corrected chi connectivity index (χ3v) is 5.94. The molecule has 2 heterocycles. The van der Waals surface area contributed by atoms with E-state index in [9.17, 15) is 13.2 Å². The Kier molecular flexibility index (Phi) is 4.67. The van der Waals surface area contributed by atoms with Crippen molar-refractivity contribution in [2.45, 2.75) is 57.2 Å². The van der Waals surface area contributed by atoms with Crippen LogP contribution in [0.2, 0.25) is 0 Å². The summed E-state index contributed by atoms with van der Waals surface area (Å²) in [5.74, 6) is -0.199. The van der Waals surface area contributed by atoms with Gasteiger partial charge in [-0.1, -0.05) is 18.1 Å². The van der Waals surface area contributed by atoms with E-state index < -0.39 is 10.0 Å². The molecule has 1 aliphatic carbocycles. The Balaban J connectivity index is 1.61. The minimum Gasteiger partial charge on any atom is -0.348 e. The lowest BCUT2D eigenvalue weighted by Crippen LogP contribution is -2.37. The van der Waals surface area contributed by atoms with Crippen LogP contribution in [0.15, 0.2) is 6.20 Å². The highest BCUT2D eigenvalue weighted by Gasteiger charge is 2.32. The average molecular weight is 341 g/mol. The highest BCUT2D eigenvalue weighted by atomic mass is 32.2. The third kappa shape index (κ3) is 3.89. The highest BCUT2D eigenvalue weighted by molar-refractivity contribution is 7.88. The predicted octanol–water partition coefficient (Wildman–Crippen LogP) is 0.374. The monoisotopic (exact) mass is 341 g/mol. The van der Waals surface area contributed by atoms with Gasteiger partial charge in [0.15, 0.2) is 5.69 Å². The van der Waals surface area contributed by atoms with Gasteiger partial charge in [0.2, 0.25) is 10.0 Å². The zero-order valence-corrected chi connectivity index (χ0v) is 14.1. The van der Waals surface area contributed by atoms with E-state index in [0.717, 1.165) is 38.5 Å². The number of hydrogen-bond acceptors (Lipinski definition) is 5. The van der Waals surface area contributed by atoms with Crippen LogP contribution in [0.4, 0.5) is 0 Å². The van der Waals surface area contributed by atoms with Crippen LogP contribution in [-0.2, 0) is 16.6 Å². The van der Waals surface area contributed by atoms with Crippen LogP contribution in [0, 0.1) is 0 Å². The fourth-order valence-electron chi connectivity index (χ4n) is 3.47. The molecule has 1 saturated carbocycles. The molecule has 1 aromatic heterocycles. The summed E-state index contributed by atoms with van der Waals surface area (Å²) in [6.07, 6.45) is 8.83. The van der Waals surface area contributed by atoms with Gasteiger partial charge >= 0.3 is 0 Å². The van der Waals surface area contributed by atoms with Crippen LogP contribution < -0.4 is 5.32 Å². The van der Waals surface area contributed by atoms with E-state index in [2.05, 4.69) is 15.6 Å². The van der Waals surface area contributed by atoms with Crippen molar-refractivity contribution < 1.29 is 13.2 Å². The van der Waals surface area contributed by atoms with E-state index in [-0.39, 0.29) is 18.0 Å². The molecule has 1 aromatic rings. The Morgan fingerprint density at radius 3 is 2.74 bits per heavy atom. The third-order valence-electron chi connectivity index (χ3n) is 4.61. The second-order valence-corrected chi connectivity index (χ2v) is 8.39. The summed E-state index contributed by atoms with van der Waals surface area (Å²) in [7, 11) is -3.20. The topological polar surface area (TPSA) is 97.2 Å². The molecule has 23 heavy (non-hydrogen) atoms. The Morgan fingerprint density at radius 2 is 2.04 bits per heavy atom. The van der Waals surface area contributed by atoms with Crippen LogP contribution in [0.5, 0.6) is 0 Å². The van der Waals surface area contributed by atoms with E-state index >= 15 is 0 Å². The Bertz CT molecular complexity index is 666. The molecular weight excluding hydrogens is 318 g/mol. The Morgan fingerprint density at radius 1 is 1.30 bits per heavy atom. The summed E-state index contributed by atoms with van der Waals surface area (Å²) in [6.45, 7) is 0.976. The van der Waals surface area contributed by atoms with Crippen molar-refractivity contribution in [3.05, 3.63) is 11.9 Å². The lowest BCUT2D eigenvalue weighted by Gasteiger charge is -2.21. The molecule has 2 aliphatic rings. The van der Waals surface area contributed by atoms with Gasteiger partial charge < -0.3 is 5.32 Å². The summed E-state index contributed by atoms with van der Waals surface area (Å²) >= 11 is 0. The van der Waals surface area contributed by atoms with E-state index in [4.69, 9.17) is 0 Å². The first kappa shape index (κ1) is 16.4. The molecule has 128 valence electrons. The zero-order valence-electron chi connectivity index (χ0n) is 13.3. The molecule has 0 radical (unpaired) electrons. The molecule has 1 saturated heterocycles. The minimum atomic E-state index is -3.20. The van der Waals surface area contributed by atoms with Crippen LogP contribution in [0.25, 0.3) is 0 Å². The maximum Gasteiger partial charge on any atom is 0.273 e. The highest BCUT2D eigenvalue weighted by Crippen LogP contribution is 2.21. The van der Waals surface area contributed by atoms with Crippen molar-refractivity contribution in [3.8, 4) is 0 Å². The quantitative estimate of drug-likeness (QED) is 0.835. The van der Waals surface area contributed by atoms with Gasteiger partial charge in [-0.2, -0.15) is 4.31 Å². The molecule has 0 bridgehead atoms. The first-order valence-corrected chi connectivity index (χ1v) is 9.96. The molecule has 0 unspecified atom stereocenters. The largest absolute Gasteiger partial charge is 0.348 e. The van der Waals surface area contributed by atoms with E-state index in [1.165, 1.54) is 10.6 Å². The van der Waals surface area contributed by atoms with Crippen LogP contribution >= 0.6 is 0 Å². The van der Waals surface area contributed by atoms with E-state index in [1.54, 1.807) is 10.9 Å². The molecule has 1 atom stereocenters. The van der Waals surface area contributed by atoms with Gasteiger partial charge in [0.25, 0.3) is 5.91 Å². The standard InChI is InChI=1S/C14H23N5O3S/c1-23(21,22)19-8-4-7-12(19)9-18-10-13(16-17-18)14(20)15-11-5-2-3-6-11/h10-12H,2-9H2,1H3,(H,15,20)/t12-/m0/s1. The fraction of sp³-hybridized carbons (Fsp3) is 0.786. The van der Waals surface area contributed by atoms with Gasteiger partial charge in [0, 0.05) is 18.6 Å². The van der Waals surface area contributed by atoms with Crippen molar-refractivity contribution in [3.63, 3.8) is 0 Å². The van der Waals surface area contributed by atoms with Crippen molar-refractivity contribution in [1.82, 2.24) is 24.6 Å². The first-order valence-electron chi connectivity index (χ1n) is 8.11. The molecule has 9 heteroatoms. The van der Waals surface area contributed by atoms with E-state index in [1.807, 2.05) is 0 Å². The maximum atomic E-state index is 12.1. The van der Waals surface area contributed by atoms with Gasteiger partial charge in [-0.05, 0) is 25.7 Å².